The third-order valence-electron chi connectivity index (χ3n) is 3.52. The summed E-state index contributed by atoms with van der Waals surface area (Å²) < 4.78 is 0. The van der Waals surface area contributed by atoms with Gasteiger partial charge in [0.15, 0.2) is 0 Å². The Kier molecular flexibility index (Phi) is 2.89. The highest BCUT2D eigenvalue weighted by atomic mass is 16.3. The average molecular weight is 220 g/mol. The van der Waals surface area contributed by atoms with E-state index < -0.39 is 5.60 Å². The van der Waals surface area contributed by atoms with Gasteiger partial charge in [0.05, 0.1) is 5.60 Å². The lowest BCUT2D eigenvalue weighted by atomic mass is 9.71. The van der Waals surface area contributed by atoms with E-state index in [1.165, 1.54) is 6.42 Å². The molecule has 0 radical (unpaired) electrons. The summed E-state index contributed by atoms with van der Waals surface area (Å²) >= 11 is 0. The molecule has 1 aliphatic rings. The van der Waals surface area contributed by atoms with E-state index in [0.29, 0.717) is 17.7 Å². The molecule has 1 aliphatic carbocycles. The molecule has 0 saturated heterocycles. The van der Waals surface area contributed by atoms with E-state index in [9.17, 15) is 5.11 Å². The smallest absolute Gasteiger partial charge is 0.129 e. The molecule has 16 heavy (non-hydrogen) atoms. The summed E-state index contributed by atoms with van der Waals surface area (Å²) in [6, 6.07) is 3.74. The molecule has 1 fully saturated rings. The fourth-order valence-corrected chi connectivity index (χ4v) is 3.12. The number of hydrogen-bond acceptors (Lipinski definition) is 3. The molecule has 1 aromatic rings. The molecule has 3 N–H and O–H groups in total. The summed E-state index contributed by atoms with van der Waals surface area (Å²) in [5, 5.41) is 10.7. The minimum absolute atomic E-state index is 0.464. The molecule has 0 aromatic carbocycles. The van der Waals surface area contributed by atoms with Gasteiger partial charge in [0.2, 0.25) is 0 Å². The number of aromatic nitrogens is 1. The minimum Gasteiger partial charge on any atom is -0.385 e. The molecular formula is C13H20N2O. The van der Waals surface area contributed by atoms with Gasteiger partial charge in [0, 0.05) is 11.8 Å². The maximum Gasteiger partial charge on any atom is 0.129 e. The van der Waals surface area contributed by atoms with Crippen molar-refractivity contribution in [3.05, 3.63) is 23.9 Å². The average Bonchev–Trinajstić information content (AvgIpc) is 2.15. The van der Waals surface area contributed by atoms with Crippen molar-refractivity contribution in [2.45, 2.75) is 38.7 Å². The standard InChI is InChI=1S/C13H20N2O/c1-9-6-10(2)8-13(16,7-9)11-4-3-5-15-12(11)14/h3-5,9-10,16H,6-8H2,1-2H3,(H2,14,15). The van der Waals surface area contributed by atoms with Gasteiger partial charge in [-0.1, -0.05) is 19.9 Å². The van der Waals surface area contributed by atoms with Gasteiger partial charge in [-0.2, -0.15) is 0 Å². The molecule has 0 aliphatic heterocycles. The fourth-order valence-electron chi connectivity index (χ4n) is 3.12. The summed E-state index contributed by atoms with van der Waals surface area (Å²) in [4.78, 5) is 4.07. The van der Waals surface area contributed by atoms with Gasteiger partial charge in [-0.15, -0.1) is 0 Å². The lowest BCUT2D eigenvalue weighted by molar-refractivity contribution is -0.0358. The zero-order chi connectivity index (χ0) is 11.8. The second-order valence-corrected chi connectivity index (χ2v) is 5.32. The number of hydrogen-bond donors (Lipinski definition) is 2. The number of aliphatic hydroxyl groups is 1. The molecule has 2 atom stereocenters. The van der Waals surface area contributed by atoms with Crippen molar-refractivity contribution < 1.29 is 5.11 Å². The van der Waals surface area contributed by atoms with E-state index in [1.54, 1.807) is 6.20 Å². The Hall–Kier alpha value is -1.09. The summed E-state index contributed by atoms with van der Waals surface area (Å²) in [6.45, 7) is 4.38. The van der Waals surface area contributed by atoms with Crippen LogP contribution < -0.4 is 5.73 Å². The molecule has 2 rings (SSSR count). The second-order valence-electron chi connectivity index (χ2n) is 5.32. The first-order valence-electron chi connectivity index (χ1n) is 5.94. The minimum atomic E-state index is -0.782. The molecule has 0 spiro atoms. The zero-order valence-electron chi connectivity index (χ0n) is 9.98. The quantitative estimate of drug-likeness (QED) is 0.763. The van der Waals surface area contributed by atoms with Crippen LogP contribution in [-0.2, 0) is 5.60 Å². The SMILES string of the molecule is CC1CC(C)CC(O)(c2cccnc2N)C1. The highest BCUT2D eigenvalue weighted by Crippen LogP contribution is 2.43. The summed E-state index contributed by atoms with van der Waals surface area (Å²) in [5.41, 5.74) is 5.87. The Bertz CT molecular complexity index is 368. The molecule has 88 valence electrons. The Morgan fingerprint density at radius 3 is 2.56 bits per heavy atom. The van der Waals surface area contributed by atoms with Gasteiger partial charge in [-0.05, 0) is 37.2 Å². The molecule has 2 unspecified atom stereocenters. The zero-order valence-corrected chi connectivity index (χ0v) is 9.98. The van der Waals surface area contributed by atoms with Crippen LogP contribution >= 0.6 is 0 Å². The van der Waals surface area contributed by atoms with Gasteiger partial charge in [-0.3, -0.25) is 0 Å². The summed E-state index contributed by atoms with van der Waals surface area (Å²) in [6.07, 6.45) is 4.42. The van der Waals surface area contributed by atoms with Crippen LogP contribution in [0.15, 0.2) is 18.3 Å². The first-order chi connectivity index (χ1) is 7.51. The highest BCUT2D eigenvalue weighted by Gasteiger charge is 2.38. The van der Waals surface area contributed by atoms with Gasteiger partial charge in [-0.25, -0.2) is 4.98 Å². The number of rotatable bonds is 1. The van der Waals surface area contributed by atoms with E-state index in [4.69, 9.17) is 5.73 Å². The van der Waals surface area contributed by atoms with Crippen molar-refractivity contribution in [3.63, 3.8) is 0 Å². The Balaban J connectivity index is 2.34. The van der Waals surface area contributed by atoms with Crippen LogP contribution in [0.4, 0.5) is 5.82 Å². The van der Waals surface area contributed by atoms with Crippen molar-refractivity contribution in [2.75, 3.05) is 5.73 Å². The summed E-state index contributed by atoms with van der Waals surface area (Å²) in [7, 11) is 0. The number of nitrogens with zero attached hydrogens (tertiary/aromatic N) is 1. The summed E-state index contributed by atoms with van der Waals surface area (Å²) in [5.74, 6) is 1.54. The molecule has 3 heteroatoms. The molecule has 3 nitrogen and oxygen atoms in total. The fraction of sp³-hybridized carbons (Fsp3) is 0.615. The second kappa shape index (κ2) is 4.06. The maximum atomic E-state index is 10.7. The maximum absolute atomic E-state index is 10.7. The van der Waals surface area contributed by atoms with Crippen molar-refractivity contribution in [1.29, 1.82) is 0 Å². The first-order valence-corrected chi connectivity index (χ1v) is 5.94. The largest absolute Gasteiger partial charge is 0.385 e. The van der Waals surface area contributed by atoms with Crippen LogP contribution in [0.1, 0.15) is 38.7 Å². The van der Waals surface area contributed by atoms with Crippen LogP contribution in [0.2, 0.25) is 0 Å². The third-order valence-corrected chi connectivity index (χ3v) is 3.52. The van der Waals surface area contributed by atoms with Gasteiger partial charge in [0.25, 0.3) is 0 Å². The normalized spacial score (nSPS) is 34.9. The molecular weight excluding hydrogens is 200 g/mol. The predicted octanol–water partition coefficient (Wildman–Crippen LogP) is 2.31. The number of nitrogen functional groups attached to an aromatic ring is 1. The van der Waals surface area contributed by atoms with Crippen LogP contribution in [-0.4, -0.2) is 10.1 Å². The molecule has 0 amide bonds. The van der Waals surface area contributed by atoms with Gasteiger partial charge in [0.1, 0.15) is 5.82 Å². The Morgan fingerprint density at radius 2 is 2.00 bits per heavy atom. The Labute approximate surface area is 96.7 Å². The lowest BCUT2D eigenvalue weighted by Gasteiger charge is -2.39. The van der Waals surface area contributed by atoms with Crippen molar-refractivity contribution in [3.8, 4) is 0 Å². The van der Waals surface area contributed by atoms with Crippen LogP contribution in [0.3, 0.4) is 0 Å². The third kappa shape index (κ3) is 2.05. The van der Waals surface area contributed by atoms with Crippen molar-refractivity contribution in [2.24, 2.45) is 11.8 Å². The van der Waals surface area contributed by atoms with Crippen LogP contribution in [0.25, 0.3) is 0 Å². The van der Waals surface area contributed by atoms with Gasteiger partial charge < -0.3 is 10.8 Å². The van der Waals surface area contributed by atoms with E-state index in [0.717, 1.165) is 18.4 Å². The van der Waals surface area contributed by atoms with Crippen molar-refractivity contribution in [1.82, 2.24) is 4.98 Å². The topological polar surface area (TPSA) is 59.1 Å². The monoisotopic (exact) mass is 220 g/mol. The van der Waals surface area contributed by atoms with E-state index in [-0.39, 0.29) is 0 Å². The predicted molar refractivity (Wildman–Crippen MR) is 64.7 cm³/mol. The molecule has 1 saturated carbocycles. The molecule has 1 aromatic heterocycles. The number of nitrogens with two attached hydrogens (primary N) is 1. The van der Waals surface area contributed by atoms with Crippen LogP contribution in [0.5, 0.6) is 0 Å². The van der Waals surface area contributed by atoms with E-state index in [1.807, 2.05) is 12.1 Å². The number of anilines is 1. The van der Waals surface area contributed by atoms with E-state index in [2.05, 4.69) is 18.8 Å². The lowest BCUT2D eigenvalue weighted by Crippen LogP contribution is -2.36. The number of pyridine rings is 1. The first kappa shape index (κ1) is 11.4. The van der Waals surface area contributed by atoms with Crippen molar-refractivity contribution >= 4 is 5.82 Å². The van der Waals surface area contributed by atoms with E-state index >= 15 is 0 Å². The molecule has 0 bridgehead atoms. The van der Waals surface area contributed by atoms with Gasteiger partial charge >= 0.3 is 0 Å². The Morgan fingerprint density at radius 1 is 1.38 bits per heavy atom. The molecule has 1 heterocycles. The highest BCUT2D eigenvalue weighted by molar-refractivity contribution is 5.43. The van der Waals surface area contributed by atoms with Crippen LogP contribution in [0, 0.1) is 11.8 Å².